The van der Waals surface area contributed by atoms with Crippen molar-refractivity contribution in [1.82, 2.24) is 0 Å². The van der Waals surface area contributed by atoms with Gasteiger partial charge in [-0.2, -0.15) is 0 Å². The zero-order valence-electron chi connectivity index (χ0n) is 2.49. The van der Waals surface area contributed by atoms with Crippen LogP contribution in [0.2, 0.25) is 0 Å². The topological polar surface area (TPSA) is 0 Å². The number of hydrogen-bond acceptors (Lipinski definition) is 0. The molecule has 0 N–H and O–H groups in total. The summed E-state index contributed by atoms with van der Waals surface area (Å²) < 4.78 is 0. The molecule has 0 unspecified atom stereocenters. The molecule has 30 valence electrons. The van der Waals surface area contributed by atoms with E-state index in [2.05, 4.69) is 0 Å². The maximum absolute atomic E-state index is 0. The molecule has 0 bridgehead atoms. The summed E-state index contributed by atoms with van der Waals surface area (Å²) in [6.45, 7) is 0. The molecule has 0 saturated heterocycles. The van der Waals surface area contributed by atoms with Gasteiger partial charge in [0, 0.05) is 0 Å². The molecule has 0 aliphatic carbocycles. The van der Waals surface area contributed by atoms with Crippen LogP contribution >= 0.6 is 0 Å². The summed E-state index contributed by atoms with van der Waals surface area (Å²) in [4.78, 5) is 0. The third-order valence-corrected chi connectivity index (χ3v) is 0. The van der Waals surface area contributed by atoms with Gasteiger partial charge in [-0.15, -0.1) is 0 Å². The second kappa shape index (κ2) is 57.5. The van der Waals surface area contributed by atoms with Crippen molar-refractivity contribution in [3.8, 4) is 0 Å². The van der Waals surface area contributed by atoms with Gasteiger partial charge in [-0.3, -0.25) is 0 Å². The minimum atomic E-state index is 0. The fourth-order valence-corrected chi connectivity index (χ4v) is 0. The zero-order chi connectivity index (χ0) is 0. The Morgan fingerprint density at radius 3 is 0.600 bits per heavy atom. The van der Waals surface area contributed by atoms with Crippen LogP contribution in [0, 0.1) is 0 Å². The smallest absolute Gasteiger partial charge is 1.00 e. The molecular formula is F3FeNa. The number of halogens is 3. The SMILES string of the molecule is [F-].[F-].[F-].[Fe+2].[Na+]. The fourth-order valence-electron chi connectivity index (χ4n) is 0. The standard InChI is InChI=1S/3FH.Fe.Na/h3*1H;;/q;;;+2;+1/p-3. The first-order valence-corrected chi connectivity index (χ1v) is 0. The average molecular weight is 136 g/mol. The van der Waals surface area contributed by atoms with Crippen molar-refractivity contribution in [3.05, 3.63) is 0 Å². The summed E-state index contributed by atoms with van der Waals surface area (Å²) in [7, 11) is 0. The Labute approximate surface area is 60.6 Å². The van der Waals surface area contributed by atoms with Crippen LogP contribution in [0.15, 0.2) is 0 Å². The molecule has 0 heterocycles. The van der Waals surface area contributed by atoms with Gasteiger partial charge in [-0.25, -0.2) is 0 Å². The van der Waals surface area contributed by atoms with Crippen molar-refractivity contribution < 1.29 is 60.7 Å². The minimum Gasteiger partial charge on any atom is -1.00 e. The van der Waals surface area contributed by atoms with E-state index in [0.717, 1.165) is 0 Å². The second-order valence-corrected chi connectivity index (χ2v) is 0. The Morgan fingerprint density at radius 1 is 0.600 bits per heavy atom. The normalized spacial score (nSPS) is 0. The maximum atomic E-state index is 0. The summed E-state index contributed by atoms with van der Waals surface area (Å²) in [5, 5.41) is 0. The van der Waals surface area contributed by atoms with Crippen LogP contribution in [-0.2, 0) is 17.1 Å². The molecule has 0 aromatic heterocycles. The summed E-state index contributed by atoms with van der Waals surface area (Å²) >= 11 is 0. The summed E-state index contributed by atoms with van der Waals surface area (Å²) in [6.07, 6.45) is 0. The van der Waals surface area contributed by atoms with Crippen LogP contribution < -0.4 is 43.7 Å². The van der Waals surface area contributed by atoms with E-state index in [9.17, 15) is 0 Å². The van der Waals surface area contributed by atoms with E-state index in [1.807, 2.05) is 0 Å². The molecule has 0 aliphatic heterocycles. The van der Waals surface area contributed by atoms with Gasteiger partial charge in [0.25, 0.3) is 0 Å². The van der Waals surface area contributed by atoms with Crippen molar-refractivity contribution in [2.75, 3.05) is 0 Å². The van der Waals surface area contributed by atoms with Gasteiger partial charge in [-0.1, -0.05) is 0 Å². The van der Waals surface area contributed by atoms with Gasteiger partial charge >= 0.3 is 46.6 Å². The van der Waals surface area contributed by atoms with Gasteiger partial charge < -0.3 is 14.1 Å². The van der Waals surface area contributed by atoms with E-state index in [0.29, 0.717) is 0 Å². The first-order chi connectivity index (χ1) is 0. The van der Waals surface area contributed by atoms with Gasteiger partial charge in [0.15, 0.2) is 0 Å². The molecule has 0 aromatic carbocycles. The van der Waals surface area contributed by atoms with Crippen molar-refractivity contribution in [3.63, 3.8) is 0 Å². The predicted octanol–water partition coefficient (Wildman–Crippen LogP) is -12.0. The van der Waals surface area contributed by atoms with Crippen molar-refractivity contribution in [2.24, 2.45) is 0 Å². The van der Waals surface area contributed by atoms with Crippen LogP contribution in [0.1, 0.15) is 0 Å². The Morgan fingerprint density at radius 2 is 0.600 bits per heavy atom. The Bertz CT molecular complexity index is 6.85. The monoisotopic (exact) mass is 136 g/mol. The van der Waals surface area contributed by atoms with Crippen LogP contribution in [0.5, 0.6) is 0 Å². The minimum absolute atomic E-state index is 0. The van der Waals surface area contributed by atoms with Crippen molar-refractivity contribution in [1.29, 1.82) is 0 Å². The maximum Gasteiger partial charge on any atom is 2.00 e. The number of hydrogen-bond donors (Lipinski definition) is 0. The largest absolute Gasteiger partial charge is 2.00 e. The third-order valence-electron chi connectivity index (χ3n) is 0. The molecule has 0 radical (unpaired) electrons. The van der Waals surface area contributed by atoms with Crippen molar-refractivity contribution in [2.45, 2.75) is 0 Å². The van der Waals surface area contributed by atoms with Gasteiger partial charge in [-0.05, 0) is 0 Å². The van der Waals surface area contributed by atoms with E-state index >= 15 is 0 Å². The van der Waals surface area contributed by atoms with E-state index in [1.165, 1.54) is 0 Å². The van der Waals surface area contributed by atoms with Crippen molar-refractivity contribution >= 4 is 0 Å². The van der Waals surface area contributed by atoms with E-state index < -0.39 is 0 Å². The molecule has 5 heavy (non-hydrogen) atoms. The fraction of sp³-hybridized carbons (Fsp3) is 0. The predicted molar refractivity (Wildman–Crippen MR) is 0 cm³/mol. The molecule has 0 aliphatic rings. The van der Waals surface area contributed by atoms with Crippen LogP contribution in [0.25, 0.3) is 0 Å². The van der Waals surface area contributed by atoms with E-state index in [-0.39, 0.29) is 60.7 Å². The first-order valence-electron chi connectivity index (χ1n) is 0. The van der Waals surface area contributed by atoms with Crippen LogP contribution in [-0.4, -0.2) is 0 Å². The van der Waals surface area contributed by atoms with Crippen LogP contribution in [0.3, 0.4) is 0 Å². The Hall–Kier alpha value is 1.31. The third kappa shape index (κ3) is 33.9. The van der Waals surface area contributed by atoms with Gasteiger partial charge in [0.05, 0.1) is 0 Å². The number of rotatable bonds is 0. The molecule has 0 rings (SSSR count). The molecule has 0 amide bonds. The molecule has 0 nitrogen and oxygen atoms in total. The second-order valence-electron chi connectivity index (χ2n) is 0. The molecule has 0 aromatic rings. The zero-order valence-corrected chi connectivity index (χ0v) is 5.59. The first kappa shape index (κ1) is 104. The van der Waals surface area contributed by atoms with Gasteiger partial charge in [0.2, 0.25) is 0 Å². The summed E-state index contributed by atoms with van der Waals surface area (Å²) in [6, 6.07) is 0. The molecule has 0 saturated carbocycles. The van der Waals surface area contributed by atoms with E-state index in [4.69, 9.17) is 0 Å². The summed E-state index contributed by atoms with van der Waals surface area (Å²) in [5.41, 5.74) is 0. The van der Waals surface area contributed by atoms with Crippen LogP contribution in [0.4, 0.5) is 0 Å². The molecule has 0 fully saturated rings. The Balaban J connectivity index is 0. The quantitative estimate of drug-likeness (QED) is 0.290. The van der Waals surface area contributed by atoms with Gasteiger partial charge in [0.1, 0.15) is 0 Å². The average Bonchev–Trinajstić information content (AvgIpc) is 0. The Kier molecular flexibility index (Phi) is 1190. The molecule has 0 atom stereocenters. The summed E-state index contributed by atoms with van der Waals surface area (Å²) in [5.74, 6) is 0. The molecule has 5 heteroatoms. The molecular weight excluding hydrogens is 136 g/mol. The molecule has 0 spiro atoms. The van der Waals surface area contributed by atoms with E-state index in [1.54, 1.807) is 0 Å².